The lowest BCUT2D eigenvalue weighted by molar-refractivity contribution is 0.0975. The van der Waals surface area contributed by atoms with Crippen LogP contribution in [0.25, 0.3) is 0 Å². The van der Waals surface area contributed by atoms with E-state index in [1.807, 2.05) is 29.2 Å². The van der Waals surface area contributed by atoms with Gasteiger partial charge in [-0.15, -0.1) is 0 Å². The number of amides is 2. The molecule has 2 aliphatic rings. The largest absolute Gasteiger partial charge is 0.480 e. The third-order valence-corrected chi connectivity index (χ3v) is 8.14. The SMILES string of the molecule is COc1cnc(C(=O)Nc2cccc([C@]34CN(c5ncc(F)cn5)C[C@H]3CSC(NC(=O)c3ccccc3)=N4)c2)cn1. The molecule has 2 atom stereocenters. The van der Waals surface area contributed by atoms with Crippen molar-refractivity contribution >= 4 is 40.4 Å². The number of carbonyl (C=O) groups is 2. The van der Waals surface area contributed by atoms with Gasteiger partial charge in [0.15, 0.2) is 11.0 Å². The van der Waals surface area contributed by atoms with Gasteiger partial charge in [0, 0.05) is 29.5 Å². The highest BCUT2D eigenvalue weighted by Gasteiger charge is 2.51. The second-order valence-electron chi connectivity index (χ2n) is 9.73. The summed E-state index contributed by atoms with van der Waals surface area (Å²) in [4.78, 5) is 49.5. The molecule has 1 fully saturated rings. The van der Waals surface area contributed by atoms with Crippen LogP contribution >= 0.6 is 11.8 Å². The molecule has 0 unspecified atom stereocenters. The molecule has 6 rings (SSSR count). The Labute approximate surface area is 244 Å². The minimum absolute atomic E-state index is 0.00642. The number of thioether (sulfide) groups is 1. The summed E-state index contributed by atoms with van der Waals surface area (Å²) in [6, 6.07) is 16.4. The molecule has 0 aliphatic carbocycles. The monoisotopic (exact) mass is 584 g/mol. The first-order valence-electron chi connectivity index (χ1n) is 13.0. The second kappa shape index (κ2) is 11.5. The number of anilines is 2. The molecule has 212 valence electrons. The molecule has 0 spiro atoms. The number of rotatable bonds is 6. The summed E-state index contributed by atoms with van der Waals surface area (Å²) in [5.41, 5.74) is 1.24. The molecule has 0 saturated carbocycles. The van der Waals surface area contributed by atoms with Crippen LogP contribution in [0.1, 0.15) is 26.4 Å². The van der Waals surface area contributed by atoms with Gasteiger partial charge in [0.05, 0.1) is 38.4 Å². The number of benzene rings is 2. The van der Waals surface area contributed by atoms with Crippen LogP contribution in [0.15, 0.2) is 84.4 Å². The predicted molar refractivity (Wildman–Crippen MR) is 156 cm³/mol. The molecule has 2 N–H and O–H groups in total. The smallest absolute Gasteiger partial charge is 0.275 e. The molecular weight excluding hydrogens is 559 g/mol. The molecule has 1 saturated heterocycles. The predicted octanol–water partition coefficient (Wildman–Crippen LogP) is 3.53. The summed E-state index contributed by atoms with van der Waals surface area (Å²) >= 11 is 1.47. The van der Waals surface area contributed by atoms with Gasteiger partial charge in [-0.3, -0.25) is 9.59 Å². The quantitative estimate of drug-likeness (QED) is 0.349. The molecule has 0 bridgehead atoms. The van der Waals surface area contributed by atoms with Crippen molar-refractivity contribution in [3.8, 4) is 5.88 Å². The zero-order chi connectivity index (χ0) is 29.1. The maximum Gasteiger partial charge on any atom is 0.275 e. The summed E-state index contributed by atoms with van der Waals surface area (Å²) < 4.78 is 18.6. The van der Waals surface area contributed by atoms with Crippen LogP contribution < -0.4 is 20.3 Å². The van der Waals surface area contributed by atoms with Crippen LogP contribution in [0.4, 0.5) is 16.0 Å². The van der Waals surface area contributed by atoms with E-state index >= 15 is 0 Å². The Morgan fingerprint density at radius 1 is 0.976 bits per heavy atom. The van der Waals surface area contributed by atoms with Crippen molar-refractivity contribution < 1.29 is 18.7 Å². The fraction of sp³-hybridized carbons (Fsp3) is 0.207. The fourth-order valence-electron chi connectivity index (χ4n) is 5.05. The van der Waals surface area contributed by atoms with E-state index in [0.29, 0.717) is 47.1 Å². The van der Waals surface area contributed by atoms with Gasteiger partial charge in [0.2, 0.25) is 11.8 Å². The molecule has 13 heteroatoms. The third kappa shape index (κ3) is 5.50. The molecule has 42 heavy (non-hydrogen) atoms. The van der Waals surface area contributed by atoms with Crippen molar-refractivity contribution in [1.29, 1.82) is 0 Å². The van der Waals surface area contributed by atoms with Crippen molar-refractivity contribution in [1.82, 2.24) is 25.3 Å². The second-order valence-corrected chi connectivity index (χ2v) is 10.7. The van der Waals surface area contributed by atoms with Gasteiger partial charge in [0.1, 0.15) is 11.2 Å². The number of nitrogens with one attached hydrogen (secondary N) is 2. The Kier molecular flexibility index (Phi) is 7.48. The lowest BCUT2D eigenvalue weighted by Gasteiger charge is -2.35. The van der Waals surface area contributed by atoms with Crippen LogP contribution in [0.3, 0.4) is 0 Å². The van der Waals surface area contributed by atoms with Crippen molar-refractivity contribution in [2.45, 2.75) is 5.54 Å². The Morgan fingerprint density at radius 2 is 1.79 bits per heavy atom. The van der Waals surface area contributed by atoms with E-state index in [4.69, 9.17) is 9.73 Å². The van der Waals surface area contributed by atoms with Crippen LogP contribution in [0.5, 0.6) is 5.88 Å². The van der Waals surface area contributed by atoms with Gasteiger partial charge in [-0.2, -0.15) is 0 Å². The molecule has 11 nitrogen and oxygen atoms in total. The first-order valence-corrected chi connectivity index (χ1v) is 14.0. The molecule has 2 aliphatic heterocycles. The lowest BCUT2D eigenvalue weighted by atomic mass is 9.81. The standard InChI is InChI=1S/C29H25FN8O3S/c1-41-24-14-31-23(13-32-24)26(40)35-22-9-5-8-19(10-22)29-17-38(27-33-11-21(30)12-34-27)15-20(29)16-42-28(37-29)36-25(39)18-6-3-2-4-7-18/h2-14,20H,15-17H2,1H3,(H,35,40)(H,36,37,39)/t20-,29+/m0/s1. The van der Waals surface area contributed by atoms with Gasteiger partial charge in [-0.05, 0) is 29.8 Å². The summed E-state index contributed by atoms with van der Waals surface area (Å²) in [6.45, 7) is 0.954. The molecule has 4 heterocycles. The number of amidine groups is 1. The van der Waals surface area contributed by atoms with Crippen molar-refractivity contribution in [3.63, 3.8) is 0 Å². The van der Waals surface area contributed by atoms with Gasteiger partial charge in [-0.1, -0.05) is 42.1 Å². The molecule has 2 aromatic carbocycles. The van der Waals surface area contributed by atoms with Crippen LogP contribution in [0, 0.1) is 11.7 Å². The number of hydrogen-bond acceptors (Lipinski definition) is 10. The maximum atomic E-state index is 13.6. The maximum absolute atomic E-state index is 13.6. The third-order valence-electron chi connectivity index (χ3n) is 7.11. The number of aromatic nitrogens is 4. The molecular formula is C29H25FN8O3S. The van der Waals surface area contributed by atoms with Gasteiger partial charge >= 0.3 is 0 Å². The van der Waals surface area contributed by atoms with E-state index in [9.17, 15) is 14.0 Å². The number of nitrogens with zero attached hydrogens (tertiary/aromatic N) is 6. The molecule has 2 amide bonds. The topological polar surface area (TPSA) is 135 Å². The number of hydrogen-bond donors (Lipinski definition) is 2. The summed E-state index contributed by atoms with van der Waals surface area (Å²) in [7, 11) is 1.47. The number of methoxy groups -OCH3 is 1. The van der Waals surface area contributed by atoms with Gasteiger partial charge < -0.3 is 20.3 Å². The number of aliphatic imine (C=N–C) groups is 1. The minimum Gasteiger partial charge on any atom is -0.480 e. The Hall–Kier alpha value is -4.91. The highest BCUT2D eigenvalue weighted by Crippen LogP contribution is 2.46. The van der Waals surface area contributed by atoms with Crippen LogP contribution in [-0.2, 0) is 5.54 Å². The number of ether oxygens (including phenoxy) is 1. The lowest BCUT2D eigenvalue weighted by Crippen LogP contribution is -2.42. The van der Waals surface area contributed by atoms with E-state index in [-0.39, 0.29) is 17.5 Å². The Morgan fingerprint density at radius 3 is 2.52 bits per heavy atom. The van der Waals surface area contributed by atoms with Gasteiger partial charge in [-0.25, -0.2) is 29.3 Å². The average molecular weight is 585 g/mol. The van der Waals surface area contributed by atoms with E-state index in [2.05, 4.69) is 30.6 Å². The zero-order valence-electron chi connectivity index (χ0n) is 22.4. The van der Waals surface area contributed by atoms with E-state index in [0.717, 1.165) is 18.0 Å². The fourth-order valence-corrected chi connectivity index (χ4v) is 6.18. The normalized spacial score (nSPS) is 19.4. The van der Waals surface area contributed by atoms with Crippen LogP contribution in [0.2, 0.25) is 0 Å². The van der Waals surface area contributed by atoms with Crippen LogP contribution in [-0.4, -0.2) is 62.9 Å². The van der Waals surface area contributed by atoms with E-state index in [1.165, 1.54) is 31.3 Å². The Bertz CT molecular complexity index is 1640. The number of fused-ring (bicyclic) bond motifs is 1. The summed E-state index contributed by atoms with van der Waals surface area (Å²) in [5.74, 6) is 0.155. The summed E-state index contributed by atoms with van der Waals surface area (Å²) in [6.07, 6.45) is 4.99. The van der Waals surface area contributed by atoms with Crippen molar-refractivity contribution in [3.05, 3.63) is 102 Å². The molecule has 2 aromatic heterocycles. The van der Waals surface area contributed by atoms with Crippen molar-refractivity contribution in [2.24, 2.45) is 10.9 Å². The first-order chi connectivity index (χ1) is 20.4. The van der Waals surface area contributed by atoms with E-state index in [1.54, 1.807) is 30.3 Å². The number of carbonyl (C=O) groups excluding carboxylic acids is 2. The minimum atomic E-state index is -0.803. The molecule has 0 radical (unpaired) electrons. The first kappa shape index (κ1) is 27.3. The summed E-state index contributed by atoms with van der Waals surface area (Å²) in [5, 5.41) is 6.33. The molecule has 4 aromatic rings. The van der Waals surface area contributed by atoms with Gasteiger partial charge in [0.25, 0.3) is 11.8 Å². The highest BCUT2D eigenvalue weighted by atomic mass is 32.2. The van der Waals surface area contributed by atoms with E-state index < -0.39 is 17.3 Å². The Balaban J connectivity index is 1.33. The number of halogens is 1. The van der Waals surface area contributed by atoms with Crippen molar-refractivity contribution in [2.75, 3.05) is 36.2 Å². The highest BCUT2D eigenvalue weighted by molar-refractivity contribution is 8.13. The average Bonchev–Trinajstić information content (AvgIpc) is 3.42. The zero-order valence-corrected chi connectivity index (χ0v) is 23.2.